The van der Waals surface area contributed by atoms with Crippen molar-refractivity contribution in [3.8, 4) is 0 Å². The molecule has 3 aromatic carbocycles. The largest absolute Gasteiger partial charge is 0.352 e. The van der Waals surface area contributed by atoms with Gasteiger partial charge < -0.3 is 10.2 Å². The van der Waals surface area contributed by atoms with Crippen LogP contribution in [0.15, 0.2) is 66.7 Å². The van der Waals surface area contributed by atoms with Crippen LogP contribution in [0.2, 0.25) is 15.1 Å². The third kappa shape index (κ3) is 7.20. The maximum absolute atomic E-state index is 14.5. The summed E-state index contributed by atoms with van der Waals surface area (Å²) in [5.74, 6) is -1.40. The number of hydrogen-bond donors (Lipinski definition) is 1. The van der Waals surface area contributed by atoms with Gasteiger partial charge in [-0.15, -0.1) is 0 Å². The molecule has 2 amide bonds. The summed E-state index contributed by atoms with van der Waals surface area (Å²) in [6, 6.07) is 17.6. The average Bonchev–Trinajstić information content (AvgIpc) is 2.80. The molecule has 0 aromatic heterocycles. The third-order valence-electron chi connectivity index (χ3n) is 5.48. The minimum absolute atomic E-state index is 0.0353. The van der Waals surface area contributed by atoms with E-state index in [1.807, 2.05) is 44.2 Å². The molecule has 0 bridgehead atoms. The number of halogens is 4. The SMILES string of the molecule is CC(C)NC(=O)[C@H](Cc1ccccc1)N(Cc1c(Cl)cccc1Cl)C(=O)Cc1c(F)cccc1Cl. The number of hydrogen-bond acceptors (Lipinski definition) is 2. The van der Waals surface area contributed by atoms with Crippen molar-refractivity contribution in [3.05, 3.63) is 104 Å². The molecule has 0 aliphatic heterocycles. The Hall–Kier alpha value is -2.60. The summed E-state index contributed by atoms with van der Waals surface area (Å²) < 4.78 is 14.5. The van der Waals surface area contributed by atoms with Crippen LogP contribution in [0.4, 0.5) is 4.39 Å². The minimum atomic E-state index is -0.898. The first-order valence-electron chi connectivity index (χ1n) is 11.2. The van der Waals surface area contributed by atoms with Gasteiger partial charge >= 0.3 is 0 Å². The van der Waals surface area contributed by atoms with Gasteiger partial charge in [0, 0.05) is 45.2 Å². The van der Waals surface area contributed by atoms with E-state index in [1.54, 1.807) is 18.2 Å². The normalized spacial score (nSPS) is 11.9. The lowest BCUT2D eigenvalue weighted by molar-refractivity contribution is -0.141. The summed E-state index contributed by atoms with van der Waals surface area (Å²) in [5, 5.41) is 3.77. The number of nitrogens with zero attached hydrogens (tertiary/aromatic N) is 1. The average molecular weight is 536 g/mol. The van der Waals surface area contributed by atoms with Crippen LogP contribution in [0.5, 0.6) is 0 Å². The second-order valence-electron chi connectivity index (χ2n) is 8.47. The predicted molar refractivity (Wildman–Crippen MR) is 139 cm³/mol. The van der Waals surface area contributed by atoms with Gasteiger partial charge in [-0.3, -0.25) is 9.59 Å². The Kier molecular flexibility index (Phi) is 9.55. The molecule has 0 radical (unpaired) electrons. The first kappa shape index (κ1) is 27.0. The van der Waals surface area contributed by atoms with Crippen molar-refractivity contribution < 1.29 is 14.0 Å². The smallest absolute Gasteiger partial charge is 0.243 e. The van der Waals surface area contributed by atoms with E-state index in [2.05, 4.69) is 5.32 Å². The zero-order chi connectivity index (χ0) is 25.5. The number of amides is 2. The third-order valence-corrected chi connectivity index (χ3v) is 6.54. The Morgan fingerprint density at radius 1 is 0.857 bits per heavy atom. The van der Waals surface area contributed by atoms with Gasteiger partial charge in [-0.05, 0) is 43.7 Å². The van der Waals surface area contributed by atoms with Crippen LogP contribution in [0.3, 0.4) is 0 Å². The number of carbonyl (C=O) groups is 2. The zero-order valence-electron chi connectivity index (χ0n) is 19.4. The van der Waals surface area contributed by atoms with Gasteiger partial charge in [0.1, 0.15) is 11.9 Å². The summed E-state index contributed by atoms with van der Waals surface area (Å²) in [6.07, 6.45) is -0.0773. The first-order valence-corrected chi connectivity index (χ1v) is 12.3. The maximum Gasteiger partial charge on any atom is 0.243 e. The number of nitrogens with one attached hydrogen (secondary N) is 1. The monoisotopic (exact) mass is 534 g/mol. The fraction of sp³-hybridized carbons (Fsp3) is 0.259. The highest BCUT2D eigenvalue weighted by molar-refractivity contribution is 6.36. The van der Waals surface area contributed by atoms with Gasteiger partial charge in [0.15, 0.2) is 0 Å². The molecule has 4 nitrogen and oxygen atoms in total. The van der Waals surface area contributed by atoms with Crippen LogP contribution in [0, 0.1) is 5.82 Å². The van der Waals surface area contributed by atoms with Crippen molar-refractivity contribution in [1.29, 1.82) is 0 Å². The highest BCUT2D eigenvalue weighted by Gasteiger charge is 2.32. The van der Waals surface area contributed by atoms with Gasteiger partial charge in [-0.1, -0.05) is 77.3 Å². The molecule has 0 saturated heterocycles. The molecule has 0 aliphatic rings. The van der Waals surface area contributed by atoms with Crippen LogP contribution < -0.4 is 5.32 Å². The summed E-state index contributed by atoms with van der Waals surface area (Å²) in [4.78, 5) is 28.5. The molecule has 0 unspecified atom stereocenters. The fourth-order valence-corrected chi connectivity index (χ4v) is 4.49. The fourth-order valence-electron chi connectivity index (χ4n) is 3.74. The predicted octanol–water partition coefficient (Wildman–Crippen LogP) is 6.49. The summed E-state index contributed by atoms with van der Waals surface area (Å²) >= 11 is 19.0. The molecule has 8 heteroatoms. The van der Waals surface area contributed by atoms with E-state index in [0.717, 1.165) is 5.56 Å². The molecule has 3 aromatic rings. The molecule has 0 spiro atoms. The lowest BCUT2D eigenvalue weighted by Crippen LogP contribution is -2.52. The van der Waals surface area contributed by atoms with Crippen LogP contribution in [-0.4, -0.2) is 28.8 Å². The molecule has 1 N–H and O–H groups in total. The summed E-state index contributed by atoms with van der Waals surface area (Å²) in [5.41, 5.74) is 1.43. The van der Waals surface area contributed by atoms with E-state index in [1.165, 1.54) is 23.1 Å². The quantitative estimate of drug-likeness (QED) is 0.340. The summed E-state index contributed by atoms with van der Waals surface area (Å²) in [6.45, 7) is 3.65. The topological polar surface area (TPSA) is 49.4 Å². The summed E-state index contributed by atoms with van der Waals surface area (Å²) in [7, 11) is 0. The molecule has 0 heterocycles. The van der Waals surface area contributed by atoms with Crippen LogP contribution >= 0.6 is 34.8 Å². The lowest BCUT2D eigenvalue weighted by Gasteiger charge is -2.32. The lowest BCUT2D eigenvalue weighted by atomic mass is 10.0. The molecule has 0 fully saturated rings. The maximum atomic E-state index is 14.5. The molecule has 1 atom stereocenters. The zero-order valence-corrected chi connectivity index (χ0v) is 21.7. The van der Waals surface area contributed by atoms with Crippen molar-refractivity contribution in [3.63, 3.8) is 0 Å². The Morgan fingerprint density at radius 3 is 2.00 bits per heavy atom. The van der Waals surface area contributed by atoms with Crippen molar-refractivity contribution >= 4 is 46.6 Å². The highest BCUT2D eigenvalue weighted by Crippen LogP contribution is 2.28. The molecule has 3 rings (SSSR count). The molecule has 35 heavy (non-hydrogen) atoms. The standard InChI is InChI=1S/C27H26Cl3FN2O2/c1-17(2)32-27(35)25(14-18-8-4-3-5-9-18)33(16-20-22(29)10-6-11-23(20)30)26(34)15-19-21(28)12-7-13-24(19)31/h3-13,17,25H,14-16H2,1-2H3,(H,32,35)/t25-/m0/s1. The van der Waals surface area contributed by atoms with Gasteiger partial charge in [-0.25, -0.2) is 4.39 Å². The molecule has 0 saturated carbocycles. The Morgan fingerprint density at radius 2 is 1.43 bits per heavy atom. The van der Waals surface area contributed by atoms with Crippen LogP contribution in [-0.2, 0) is 29.0 Å². The Bertz CT molecular complexity index is 1150. The van der Waals surface area contributed by atoms with Crippen molar-refractivity contribution in [1.82, 2.24) is 10.2 Å². The molecular weight excluding hydrogens is 510 g/mol. The number of rotatable bonds is 9. The Balaban J connectivity index is 2.06. The number of carbonyl (C=O) groups excluding carboxylic acids is 2. The van der Waals surface area contributed by atoms with Gasteiger partial charge in [0.2, 0.25) is 11.8 Å². The van der Waals surface area contributed by atoms with Crippen molar-refractivity contribution in [2.24, 2.45) is 0 Å². The van der Waals surface area contributed by atoms with E-state index >= 15 is 0 Å². The van der Waals surface area contributed by atoms with E-state index in [9.17, 15) is 14.0 Å². The van der Waals surface area contributed by atoms with E-state index < -0.39 is 17.8 Å². The van der Waals surface area contributed by atoms with Gasteiger partial charge in [0.05, 0.1) is 6.42 Å². The second kappa shape index (κ2) is 12.4. The van der Waals surface area contributed by atoms with E-state index in [4.69, 9.17) is 34.8 Å². The Labute approximate surface area is 220 Å². The molecule has 0 aliphatic carbocycles. The highest BCUT2D eigenvalue weighted by atomic mass is 35.5. The van der Waals surface area contributed by atoms with Crippen molar-refractivity contribution in [2.75, 3.05) is 0 Å². The van der Waals surface area contributed by atoms with Gasteiger partial charge in [-0.2, -0.15) is 0 Å². The van der Waals surface area contributed by atoms with Crippen molar-refractivity contribution in [2.45, 2.75) is 45.3 Å². The first-order chi connectivity index (χ1) is 16.7. The molecular formula is C27H26Cl3FN2O2. The van der Waals surface area contributed by atoms with Crippen LogP contribution in [0.25, 0.3) is 0 Å². The number of benzene rings is 3. The van der Waals surface area contributed by atoms with Gasteiger partial charge in [0.25, 0.3) is 0 Å². The van der Waals surface area contributed by atoms with E-state index in [0.29, 0.717) is 15.6 Å². The van der Waals surface area contributed by atoms with Crippen LogP contribution in [0.1, 0.15) is 30.5 Å². The second-order valence-corrected chi connectivity index (χ2v) is 9.69. The van der Waals surface area contributed by atoms with E-state index in [-0.39, 0.29) is 41.9 Å². The molecule has 184 valence electrons. The minimum Gasteiger partial charge on any atom is -0.352 e.